The maximum atomic E-state index is 5.12. The van der Waals surface area contributed by atoms with Gasteiger partial charge in [-0.15, -0.1) is 0 Å². The van der Waals surface area contributed by atoms with Gasteiger partial charge < -0.3 is 4.74 Å². The lowest BCUT2D eigenvalue weighted by Crippen LogP contribution is -1.90. The molecule has 0 aliphatic rings. The first-order chi connectivity index (χ1) is 7.70. The maximum Gasteiger partial charge on any atom is 0.213 e. The molecule has 2 aromatic rings. The van der Waals surface area contributed by atoms with Crippen molar-refractivity contribution in [3.63, 3.8) is 0 Å². The Morgan fingerprint density at radius 1 is 1.06 bits per heavy atom. The van der Waals surface area contributed by atoms with Crippen LogP contribution in [0.4, 0.5) is 0 Å². The van der Waals surface area contributed by atoms with Crippen LogP contribution in [0.25, 0.3) is 10.9 Å². The molecule has 1 aromatic carbocycles. The summed E-state index contributed by atoms with van der Waals surface area (Å²) in [7, 11) is 1.64. The van der Waals surface area contributed by atoms with E-state index in [-0.39, 0.29) is 0 Å². The van der Waals surface area contributed by atoms with Crippen LogP contribution in [-0.2, 0) is 0 Å². The lowest BCUT2D eigenvalue weighted by molar-refractivity contribution is 0.399. The number of aryl methyl sites for hydroxylation is 2. The predicted molar refractivity (Wildman–Crippen MR) is 69.1 cm³/mol. The van der Waals surface area contributed by atoms with Gasteiger partial charge in [-0.05, 0) is 31.5 Å². The van der Waals surface area contributed by atoms with Crippen LogP contribution in [0.3, 0.4) is 0 Å². The van der Waals surface area contributed by atoms with Crippen LogP contribution in [0.15, 0.2) is 24.3 Å². The van der Waals surface area contributed by atoms with E-state index in [1.807, 2.05) is 26.0 Å². The van der Waals surface area contributed by atoms with E-state index in [4.69, 9.17) is 4.74 Å². The highest BCUT2D eigenvalue weighted by Gasteiger charge is 2.02. The van der Waals surface area contributed by atoms with E-state index in [9.17, 15) is 0 Å². The Morgan fingerprint density at radius 2 is 1.75 bits per heavy atom. The fourth-order valence-corrected chi connectivity index (χ4v) is 1.58. The Labute approximate surface area is 97.3 Å². The Bertz CT molecular complexity index is 477. The summed E-state index contributed by atoms with van der Waals surface area (Å²) in [6.07, 6.45) is 0. The van der Waals surface area contributed by atoms with Crippen LogP contribution >= 0.6 is 0 Å². The number of ether oxygens (including phenoxy) is 1. The molecule has 0 atom stereocenters. The highest BCUT2D eigenvalue weighted by atomic mass is 16.5. The normalized spacial score (nSPS) is 9.56. The summed E-state index contributed by atoms with van der Waals surface area (Å²) in [6, 6.07) is 8.20. The molecule has 0 fully saturated rings. The second-order valence-corrected chi connectivity index (χ2v) is 3.50. The number of aromatic nitrogens is 1. The zero-order valence-electron chi connectivity index (χ0n) is 10.7. The van der Waals surface area contributed by atoms with Gasteiger partial charge in [0.25, 0.3) is 0 Å². The number of nitrogens with zero attached hydrogens (tertiary/aromatic N) is 1. The van der Waals surface area contributed by atoms with E-state index in [1.165, 1.54) is 16.5 Å². The summed E-state index contributed by atoms with van der Waals surface area (Å²) in [6.45, 7) is 8.16. The van der Waals surface area contributed by atoms with E-state index >= 15 is 0 Å². The van der Waals surface area contributed by atoms with E-state index in [2.05, 4.69) is 31.0 Å². The molecule has 2 heteroatoms. The number of methoxy groups -OCH3 is 1. The largest absolute Gasteiger partial charge is 0.481 e. The molecule has 0 aliphatic carbocycles. The van der Waals surface area contributed by atoms with Gasteiger partial charge in [-0.1, -0.05) is 25.5 Å². The molecule has 0 radical (unpaired) electrons. The Morgan fingerprint density at radius 3 is 2.38 bits per heavy atom. The lowest BCUT2D eigenvalue weighted by Gasteiger charge is -2.05. The number of rotatable bonds is 1. The molecule has 2 nitrogen and oxygen atoms in total. The molecule has 1 heterocycles. The number of hydrogen-bond donors (Lipinski definition) is 0. The second-order valence-electron chi connectivity index (χ2n) is 3.50. The number of fused-ring (bicyclic) bond motifs is 1. The average Bonchev–Trinajstić information content (AvgIpc) is 2.32. The lowest BCUT2D eigenvalue weighted by atomic mass is 10.1. The Hall–Kier alpha value is -1.57. The van der Waals surface area contributed by atoms with Crippen molar-refractivity contribution >= 4 is 10.9 Å². The van der Waals surface area contributed by atoms with Gasteiger partial charge in [0.15, 0.2) is 0 Å². The van der Waals surface area contributed by atoms with Crippen molar-refractivity contribution in [1.82, 2.24) is 4.98 Å². The van der Waals surface area contributed by atoms with Crippen molar-refractivity contribution < 1.29 is 4.74 Å². The third kappa shape index (κ3) is 2.51. The summed E-state index contributed by atoms with van der Waals surface area (Å²) < 4.78 is 5.12. The zero-order chi connectivity index (χ0) is 12.1. The highest BCUT2D eigenvalue weighted by Crippen LogP contribution is 2.21. The molecule has 1 aromatic heterocycles. The zero-order valence-corrected chi connectivity index (χ0v) is 10.7. The fraction of sp³-hybridized carbons (Fsp3) is 0.357. The van der Waals surface area contributed by atoms with Crippen LogP contribution in [-0.4, -0.2) is 12.1 Å². The van der Waals surface area contributed by atoms with Crippen LogP contribution in [0.1, 0.15) is 25.0 Å². The van der Waals surface area contributed by atoms with Gasteiger partial charge in [-0.2, -0.15) is 0 Å². The van der Waals surface area contributed by atoms with Crippen molar-refractivity contribution in [2.45, 2.75) is 27.7 Å². The number of pyridine rings is 1. The quantitative estimate of drug-likeness (QED) is 0.723. The fourth-order valence-electron chi connectivity index (χ4n) is 1.58. The van der Waals surface area contributed by atoms with E-state index < -0.39 is 0 Å². The summed E-state index contributed by atoms with van der Waals surface area (Å²) in [5.74, 6) is 0.679. The molecule has 0 spiro atoms. The first-order valence-electron chi connectivity index (χ1n) is 5.62. The monoisotopic (exact) mass is 217 g/mol. The molecular formula is C14H19NO. The average molecular weight is 217 g/mol. The minimum absolute atomic E-state index is 0.679. The number of benzene rings is 1. The highest BCUT2D eigenvalue weighted by molar-refractivity contribution is 5.83. The van der Waals surface area contributed by atoms with Crippen molar-refractivity contribution in [3.8, 4) is 5.88 Å². The molecule has 0 unspecified atom stereocenters. The van der Waals surface area contributed by atoms with E-state index in [1.54, 1.807) is 7.11 Å². The summed E-state index contributed by atoms with van der Waals surface area (Å²) in [4.78, 5) is 4.37. The minimum Gasteiger partial charge on any atom is -0.481 e. The van der Waals surface area contributed by atoms with Gasteiger partial charge in [-0.3, -0.25) is 0 Å². The standard InChI is InChI=1S/C12H13NO.C2H6/c1-8-4-5-11-10(6-8)9(2)7-12(13-11)14-3;1-2/h4-7H,1-3H3;1-2H3. The van der Waals surface area contributed by atoms with Crippen LogP contribution < -0.4 is 4.74 Å². The van der Waals surface area contributed by atoms with Gasteiger partial charge in [0.2, 0.25) is 5.88 Å². The minimum atomic E-state index is 0.679. The maximum absolute atomic E-state index is 5.12. The molecule has 0 bridgehead atoms. The number of hydrogen-bond acceptors (Lipinski definition) is 2. The van der Waals surface area contributed by atoms with E-state index in [0.717, 1.165) is 5.52 Å². The van der Waals surface area contributed by atoms with Crippen molar-refractivity contribution in [2.75, 3.05) is 7.11 Å². The van der Waals surface area contributed by atoms with E-state index in [0.29, 0.717) is 5.88 Å². The molecular weight excluding hydrogens is 198 g/mol. The first kappa shape index (κ1) is 12.5. The molecule has 0 amide bonds. The molecule has 16 heavy (non-hydrogen) atoms. The Balaban J connectivity index is 0.000000606. The second kappa shape index (κ2) is 5.50. The third-order valence-electron chi connectivity index (χ3n) is 2.36. The van der Waals surface area contributed by atoms with Crippen LogP contribution in [0.2, 0.25) is 0 Å². The molecule has 86 valence electrons. The van der Waals surface area contributed by atoms with Crippen molar-refractivity contribution in [1.29, 1.82) is 0 Å². The van der Waals surface area contributed by atoms with Crippen molar-refractivity contribution in [3.05, 3.63) is 35.4 Å². The SMILES string of the molecule is CC.COc1cc(C)c2cc(C)ccc2n1. The van der Waals surface area contributed by atoms with Crippen LogP contribution in [0, 0.1) is 13.8 Å². The topological polar surface area (TPSA) is 22.1 Å². The molecule has 0 aliphatic heterocycles. The van der Waals surface area contributed by atoms with Gasteiger partial charge in [0.1, 0.15) is 0 Å². The van der Waals surface area contributed by atoms with Gasteiger partial charge in [-0.25, -0.2) is 4.98 Å². The van der Waals surface area contributed by atoms with Crippen LogP contribution in [0.5, 0.6) is 5.88 Å². The summed E-state index contributed by atoms with van der Waals surface area (Å²) >= 11 is 0. The van der Waals surface area contributed by atoms with Gasteiger partial charge in [0.05, 0.1) is 12.6 Å². The summed E-state index contributed by atoms with van der Waals surface area (Å²) in [5.41, 5.74) is 3.45. The molecule has 0 saturated heterocycles. The molecule has 0 N–H and O–H groups in total. The van der Waals surface area contributed by atoms with Gasteiger partial charge >= 0.3 is 0 Å². The third-order valence-corrected chi connectivity index (χ3v) is 2.36. The smallest absolute Gasteiger partial charge is 0.213 e. The molecule has 0 saturated carbocycles. The predicted octanol–water partition coefficient (Wildman–Crippen LogP) is 3.89. The van der Waals surface area contributed by atoms with Gasteiger partial charge in [0, 0.05) is 11.5 Å². The van der Waals surface area contributed by atoms with Crippen molar-refractivity contribution in [2.24, 2.45) is 0 Å². The Kier molecular flexibility index (Phi) is 4.29. The summed E-state index contributed by atoms with van der Waals surface area (Å²) in [5, 5.41) is 1.20. The molecule has 2 rings (SSSR count). The first-order valence-corrected chi connectivity index (χ1v) is 5.62.